The van der Waals surface area contributed by atoms with Gasteiger partial charge in [0.05, 0.1) is 11.7 Å². The molecule has 0 saturated carbocycles. The van der Waals surface area contributed by atoms with Crippen LogP contribution < -0.4 is 10.9 Å². The number of carbonyl (C=O) groups is 1. The summed E-state index contributed by atoms with van der Waals surface area (Å²) in [5, 5.41) is 9.34. The standard InChI is InChI=1S/C21H19ClN4O2/c1-13(20(27)23-11-14-6-5-7-15(22)10-14)26-18-9-4-3-8-16(18)17-12-24-25(2)21(28)19(17)26/h3-10,12-13H,11H2,1-2H3,(H,23,27)/t13-/m0/s1. The second-order valence-corrected chi connectivity index (χ2v) is 7.18. The van der Waals surface area contributed by atoms with Crippen LogP contribution in [0.15, 0.2) is 59.5 Å². The first-order chi connectivity index (χ1) is 13.5. The van der Waals surface area contributed by atoms with E-state index in [4.69, 9.17) is 11.6 Å². The van der Waals surface area contributed by atoms with Gasteiger partial charge in [0.1, 0.15) is 11.6 Å². The molecule has 0 fully saturated rings. The van der Waals surface area contributed by atoms with Crippen molar-refractivity contribution in [3.63, 3.8) is 0 Å². The number of nitrogens with zero attached hydrogens (tertiary/aromatic N) is 3. The number of carbonyl (C=O) groups excluding carboxylic acids is 1. The topological polar surface area (TPSA) is 68.9 Å². The van der Waals surface area contributed by atoms with E-state index in [9.17, 15) is 9.59 Å². The van der Waals surface area contributed by atoms with E-state index in [1.165, 1.54) is 4.68 Å². The van der Waals surface area contributed by atoms with Crippen LogP contribution in [0.3, 0.4) is 0 Å². The molecule has 1 N–H and O–H groups in total. The summed E-state index contributed by atoms with van der Waals surface area (Å²) in [6.07, 6.45) is 1.67. The Hall–Kier alpha value is -3.12. The number of fused-ring (bicyclic) bond motifs is 3. The van der Waals surface area contributed by atoms with E-state index in [2.05, 4.69) is 10.4 Å². The third-order valence-corrected chi connectivity index (χ3v) is 5.16. The molecule has 1 atom stereocenters. The van der Waals surface area contributed by atoms with Gasteiger partial charge in [0.15, 0.2) is 0 Å². The molecule has 0 radical (unpaired) electrons. The predicted molar refractivity (Wildman–Crippen MR) is 110 cm³/mol. The Kier molecular flexibility index (Phi) is 4.65. The maximum Gasteiger partial charge on any atom is 0.291 e. The summed E-state index contributed by atoms with van der Waals surface area (Å²) >= 11 is 6.01. The zero-order valence-electron chi connectivity index (χ0n) is 15.5. The molecule has 1 amide bonds. The minimum atomic E-state index is -0.573. The van der Waals surface area contributed by atoms with E-state index in [1.54, 1.807) is 30.8 Å². The number of halogens is 1. The summed E-state index contributed by atoms with van der Waals surface area (Å²) in [4.78, 5) is 25.7. The minimum Gasteiger partial charge on any atom is -0.350 e. The van der Waals surface area contributed by atoms with E-state index < -0.39 is 6.04 Å². The van der Waals surface area contributed by atoms with Crippen LogP contribution >= 0.6 is 11.6 Å². The van der Waals surface area contributed by atoms with Crippen molar-refractivity contribution in [2.24, 2.45) is 7.05 Å². The molecule has 4 aromatic rings. The molecule has 2 aromatic heterocycles. The average Bonchev–Trinajstić information content (AvgIpc) is 3.03. The fourth-order valence-electron chi connectivity index (χ4n) is 3.49. The SMILES string of the molecule is C[C@@H](C(=O)NCc1cccc(Cl)c1)n1c2ccccc2c2cnn(C)c(=O)c21. The third kappa shape index (κ3) is 3.05. The molecule has 2 heterocycles. The van der Waals surface area contributed by atoms with Crippen LogP contribution in [0.1, 0.15) is 18.5 Å². The lowest BCUT2D eigenvalue weighted by Gasteiger charge is -2.16. The fraction of sp³-hybridized carbons (Fsp3) is 0.190. The summed E-state index contributed by atoms with van der Waals surface area (Å²) in [5.41, 5.74) is 1.98. The monoisotopic (exact) mass is 394 g/mol. The van der Waals surface area contributed by atoms with Crippen molar-refractivity contribution in [2.45, 2.75) is 19.5 Å². The molecule has 28 heavy (non-hydrogen) atoms. The van der Waals surface area contributed by atoms with Crippen LogP contribution in [0.4, 0.5) is 0 Å². The quantitative estimate of drug-likeness (QED) is 0.576. The lowest BCUT2D eigenvalue weighted by atomic mass is 10.2. The number of aromatic nitrogens is 3. The van der Waals surface area contributed by atoms with Crippen LogP contribution in [0.5, 0.6) is 0 Å². The van der Waals surface area contributed by atoms with Crippen molar-refractivity contribution in [1.29, 1.82) is 0 Å². The Balaban J connectivity index is 1.75. The zero-order valence-corrected chi connectivity index (χ0v) is 16.3. The summed E-state index contributed by atoms with van der Waals surface area (Å²) < 4.78 is 3.08. The molecule has 0 bridgehead atoms. The highest BCUT2D eigenvalue weighted by Crippen LogP contribution is 2.29. The molecule has 0 saturated heterocycles. The third-order valence-electron chi connectivity index (χ3n) is 4.93. The van der Waals surface area contributed by atoms with Gasteiger partial charge in [0.25, 0.3) is 5.56 Å². The average molecular weight is 395 g/mol. The van der Waals surface area contributed by atoms with Crippen LogP contribution in [0.25, 0.3) is 21.8 Å². The molecule has 0 aliphatic rings. The second kappa shape index (κ2) is 7.13. The van der Waals surface area contributed by atoms with Gasteiger partial charge in [-0.25, -0.2) is 4.68 Å². The maximum absolute atomic E-state index is 12.9. The number of benzene rings is 2. The van der Waals surface area contributed by atoms with Crippen molar-refractivity contribution in [2.75, 3.05) is 0 Å². The van der Waals surface area contributed by atoms with Crippen molar-refractivity contribution in [3.05, 3.63) is 75.7 Å². The number of hydrogen-bond donors (Lipinski definition) is 1. The number of nitrogens with one attached hydrogen (secondary N) is 1. The van der Waals surface area contributed by atoms with Gasteiger partial charge in [-0.05, 0) is 30.7 Å². The second-order valence-electron chi connectivity index (χ2n) is 6.75. The van der Waals surface area contributed by atoms with E-state index in [0.29, 0.717) is 17.1 Å². The first-order valence-electron chi connectivity index (χ1n) is 8.94. The first kappa shape index (κ1) is 18.3. The molecule has 0 spiro atoms. The Morgan fingerprint density at radius 2 is 1.96 bits per heavy atom. The lowest BCUT2D eigenvalue weighted by Crippen LogP contribution is -2.32. The van der Waals surface area contributed by atoms with Crippen molar-refractivity contribution in [1.82, 2.24) is 19.7 Å². The number of rotatable bonds is 4. The first-order valence-corrected chi connectivity index (χ1v) is 9.32. The summed E-state index contributed by atoms with van der Waals surface area (Å²) in [5.74, 6) is -0.179. The molecule has 0 unspecified atom stereocenters. The minimum absolute atomic E-state index is 0.179. The van der Waals surface area contributed by atoms with E-state index in [0.717, 1.165) is 21.9 Å². The summed E-state index contributed by atoms with van der Waals surface area (Å²) in [6, 6.07) is 14.4. The van der Waals surface area contributed by atoms with Gasteiger partial charge >= 0.3 is 0 Å². The van der Waals surface area contributed by atoms with Crippen LogP contribution in [-0.4, -0.2) is 20.3 Å². The van der Waals surface area contributed by atoms with Gasteiger partial charge < -0.3 is 9.88 Å². The van der Waals surface area contributed by atoms with Crippen LogP contribution in [-0.2, 0) is 18.4 Å². The molecular formula is C21H19ClN4O2. The maximum atomic E-state index is 12.9. The zero-order chi connectivity index (χ0) is 19.8. The Bertz CT molecular complexity index is 1260. The van der Waals surface area contributed by atoms with Gasteiger partial charge in [0.2, 0.25) is 5.91 Å². The predicted octanol–water partition coefficient (Wildman–Crippen LogP) is 3.42. The Morgan fingerprint density at radius 3 is 2.75 bits per heavy atom. The smallest absolute Gasteiger partial charge is 0.291 e. The van der Waals surface area contributed by atoms with Gasteiger partial charge in [-0.3, -0.25) is 9.59 Å². The largest absolute Gasteiger partial charge is 0.350 e. The summed E-state index contributed by atoms with van der Waals surface area (Å²) in [6.45, 7) is 2.15. The Morgan fingerprint density at radius 1 is 1.18 bits per heavy atom. The molecule has 7 heteroatoms. The number of hydrogen-bond acceptors (Lipinski definition) is 3. The van der Waals surface area contributed by atoms with Gasteiger partial charge in [-0.2, -0.15) is 5.10 Å². The number of para-hydroxylation sites is 1. The van der Waals surface area contributed by atoms with Crippen molar-refractivity contribution in [3.8, 4) is 0 Å². The van der Waals surface area contributed by atoms with E-state index in [1.807, 2.05) is 42.5 Å². The molecule has 4 rings (SSSR count). The van der Waals surface area contributed by atoms with E-state index >= 15 is 0 Å². The highest BCUT2D eigenvalue weighted by Gasteiger charge is 2.23. The fourth-order valence-corrected chi connectivity index (χ4v) is 3.70. The highest BCUT2D eigenvalue weighted by molar-refractivity contribution is 6.30. The number of aryl methyl sites for hydroxylation is 1. The molecule has 142 valence electrons. The highest BCUT2D eigenvalue weighted by atomic mass is 35.5. The lowest BCUT2D eigenvalue weighted by molar-refractivity contribution is -0.123. The van der Waals surface area contributed by atoms with E-state index in [-0.39, 0.29) is 11.5 Å². The van der Waals surface area contributed by atoms with Crippen LogP contribution in [0.2, 0.25) is 5.02 Å². The van der Waals surface area contributed by atoms with Gasteiger partial charge in [0, 0.05) is 29.4 Å². The Labute approximate surface area is 166 Å². The molecular weight excluding hydrogens is 376 g/mol. The van der Waals surface area contributed by atoms with Gasteiger partial charge in [-0.15, -0.1) is 0 Å². The molecule has 2 aromatic carbocycles. The summed E-state index contributed by atoms with van der Waals surface area (Å²) in [7, 11) is 1.60. The van der Waals surface area contributed by atoms with Crippen molar-refractivity contribution < 1.29 is 4.79 Å². The van der Waals surface area contributed by atoms with Gasteiger partial charge in [-0.1, -0.05) is 41.9 Å². The molecule has 0 aliphatic heterocycles. The molecule has 0 aliphatic carbocycles. The normalized spacial score (nSPS) is 12.4. The molecule has 6 nitrogen and oxygen atoms in total. The van der Waals surface area contributed by atoms with Crippen molar-refractivity contribution >= 4 is 39.3 Å². The number of amides is 1. The van der Waals surface area contributed by atoms with Crippen LogP contribution in [0, 0.1) is 0 Å².